The van der Waals surface area contributed by atoms with Gasteiger partial charge in [0.05, 0.1) is 6.61 Å². The summed E-state index contributed by atoms with van der Waals surface area (Å²) in [6, 6.07) is 12.6. The van der Waals surface area contributed by atoms with Gasteiger partial charge in [0, 0.05) is 46.0 Å². The summed E-state index contributed by atoms with van der Waals surface area (Å²) in [6.07, 6.45) is 0. The van der Waals surface area contributed by atoms with Gasteiger partial charge in [0.2, 0.25) is 0 Å². The van der Waals surface area contributed by atoms with Gasteiger partial charge in [0.1, 0.15) is 4.90 Å². The second-order valence-electron chi connectivity index (χ2n) is 4.61. The van der Waals surface area contributed by atoms with Crippen LogP contribution in [0.4, 0.5) is 0 Å². The van der Waals surface area contributed by atoms with Crippen LogP contribution in [0.25, 0.3) is 10.8 Å². The molecule has 2 aromatic rings. The molecule has 19 heavy (non-hydrogen) atoms. The van der Waals surface area contributed by atoms with Crippen LogP contribution in [0, 0.1) is 5.92 Å². The van der Waals surface area contributed by atoms with Crippen LogP contribution in [-0.4, -0.2) is 52.8 Å². The Morgan fingerprint density at radius 2 is 1.74 bits per heavy atom. The molecule has 0 spiro atoms. The smallest absolute Gasteiger partial charge is 0.266 e. The monoisotopic (exact) mass is 308 g/mol. The Morgan fingerprint density at radius 1 is 1.11 bits per heavy atom. The molecule has 5 heteroatoms. The van der Waals surface area contributed by atoms with Crippen LogP contribution < -0.4 is 0 Å². The average Bonchev–Trinajstić information content (AvgIpc) is 2.36. The van der Waals surface area contributed by atoms with Crippen LogP contribution in [-0.2, 0) is 14.3 Å². The first-order valence-corrected chi connectivity index (χ1v) is 7.29. The van der Waals surface area contributed by atoms with Gasteiger partial charge in [0.25, 0.3) is 10.1 Å². The van der Waals surface area contributed by atoms with E-state index in [1.165, 1.54) is 0 Å². The number of benzene rings is 2. The molecule has 0 aliphatic rings. The molecule has 0 saturated heterocycles. The summed E-state index contributed by atoms with van der Waals surface area (Å²) in [4.78, 5) is 0.237. The van der Waals surface area contributed by atoms with Crippen LogP contribution in [0.3, 0.4) is 0 Å². The molecule has 0 atom stereocenters. The summed E-state index contributed by atoms with van der Waals surface area (Å²) in [7, 11) is -3.68. The SMILES string of the molecule is CC(C)COS(=O)(=O)c1cccc2ccccc12.[Ca].[HH].[HH]. The Hall–Kier alpha value is -0.130. The maximum atomic E-state index is 12.1. The van der Waals surface area contributed by atoms with E-state index in [0.29, 0.717) is 5.39 Å². The predicted octanol–water partition coefficient (Wildman–Crippen LogP) is 3.31. The third-order valence-electron chi connectivity index (χ3n) is 2.58. The van der Waals surface area contributed by atoms with E-state index in [-0.39, 0.29) is 58.0 Å². The van der Waals surface area contributed by atoms with Crippen LogP contribution in [0.15, 0.2) is 47.4 Å². The fourth-order valence-corrected chi connectivity index (χ4v) is 2.98. The zero-order chi connectivity index (χ0) is 13.2. The van der Waals surface area contributed by atoms with Gasteiger partial charge >= 0.3 is 0 Å². The minimum atomic E-state index is -3.68. The third-order valence-corrected chi connectivity index (χ3v) is 3.92. The zero-order valence-corrected chi connectivity index (χ0v) is 14.2. The molecule has 0 N–H and O–H groups in total. The van der Waals surface area contributed by atoms with Crippen LogP contribution in [0.2, 0.25) is 0 Å². The van der Waals surface area contributed by atoms with Gasteiger partial charge in [-0.15, -0.1) is 0 Å². The quantitative estimate of drug-likeness (QED) is 0.643. The van der Waals surface area contributed by atoms with Crippen molar-refractivity contribution < 1.29 is 15.5 Å². The van der Waals surface area contributed by atoms with Crippen molar-refractivity contribution in [3.8, 4) is 0 Å². The summed E-state index contributed by atoms with van der Waals surface area (Å²) in [5.41, 5.74) is 0. The Balaban J connectivity index is 0. The molecule has 2 rings (SSSR count). The molecule has 0 bridgehead atoms. The van der Waals surface area contributed by atoms with Crippen molar-refractivity contribution in [3.63, 3.8) is 0 Å². The molecule has 102 valence electrons. The minimum absolute atomic E-state index is 0. The van der Waals surface area contributed by atoms with E-state index in [1.807, 2.05) is 38.1 Å². The molecule has 0 unspecified atom stereocenters. The largest absolute Gasteiger partial charge is 0.297 e. The Morgan fingerprint density at radius 3 is 2.42 bits per heavy atom. The van der Waals surface area contributed by atoms with Crippen molar-refractivity contribution in [1.82, 2.24) is 0 Å². The molecular formula is C14H20CaO3S. The van der Waals surface area contributed by atoms with Crippen molar-refractivity contribution in [2.75, 3.05) is 6.61 Å². The first-order valence-electron chi connectivity index (χ1n) is 5.88. The molecule has 0 aliphatic carbocycles. The molecule has 0 amide bonds. The van der Waals surface area contributed by atoms with Crippen LogP contribution in [0.5, 0.6) is 0 Å². The van der Waals surface area contributed by atoms with E-state index < -0.39 is 10.1 Å². The van der Waals surface area contributed by atoms with Crippen molar-refractivity contribution in [1.29, 1.82) is 0 Å². The summed E-state index contributed by atoms with van der Waals surface area (Å²) in [6.45, 7) is 4.03. The fraction of sp³-hybridized carbons (Fsp3) is 0.286. The Bertz CT molecular complexity index is 655. The average molecular weight is 308 g/mol. The topological polar surface area (TPSA) is 43.4 Å². The molecule has 2 radical (unpaired) electrons. The van der Waals surface area contributed by atoms with Gasteiger partial charge in [0.15, 0.2) is 0 Å². The molecule has 0 heterocycles. The van der Waals surface area contributed by atoms with Gasteiger partial charge in [-0.3, -0.25) is 4.18 Å². The molecule has 3 nitrogen and oxygen atoms in total. The Labute approximate surface area is 147 Å². The first-order chi connectivity index (χ1) is 8.50. The molecular weight excluding hydrogens is 288 g/mol. The fourth-order valence-electron chi connectivity index (χ4n) is 1.70. The number of rotatable bonds is 4. The second kappa shape index (κ2) is 7.04. The van der Waals surface area contributed by atoms with Crippen molar-refractivity contribution >= 4 is 58.6 Å². The van der Waals surface area contributed by atoms with E-state index in [9.17, 15) is 8.42 Å². The maximum Gasteiger partial charge on any atom is 0.297 e. The van der Waals surface area contributed by atoms with Gasteiger partial charge in [-0.1, -0.05) is 50.2 Å². The summed E-state index contributed by atoms with van der Waals surface area (Å²) in [5, 5.41) is 1.59. The number of hydrogen-bond donors (Lipinski definition) is 0. The molecule has 2 aromatic carbocycles. The normalized spacial score (nSPS) is 11.5. The van der Waals surface area contributed by atoms with E-state index in [2.05, 4.69) is 0 Å². The van der Waals surface area contributed by atoms with Gasteiger partial charge in [-0.05, 0) is 17.4 Å². The van der Waals surface area contributed by atoms with Crippen molar-refractivity contribution in [2.45, 2.75) is 18.7 Å². The third kappa shape index (κ3) is 4.17. The van der Waals surface area contributed by atoms with Gasteiger partial charge in [-0.2, -0.15) is 8.42 Å². The minimum Gasteiger partial charge on any atom is -0.266 e. The molecule has 0 aromatic heterocycles. The Kier molecular flexibility index (Phi) is 6.27. The van der Waals surface area contributed by atoms with Gasteiger partial charge in [-0.25, -0.2) is 0 Å². The van der Waals surface area contributed by atoms with Crippen LogP contribution >= 0.6 is 0 Å². The van der Waals surface area contributed by atoms with E-state index in [0.717, 1.165) is 5.39 Å². The van der Waals surface area contributed by atoms with Crippen molar-refractivity contribution in [3.05, 3.63) is 42.5 Å². The summed E-state index contributed by atoms with van der Waals surface area (Å²) >= 11 is 0. The number of hydrogen-bond acceptors (Lipinski definition) is 3. The summed E-state index contributed by atoms with van der Waals surface area (Å²) < 4.78 is 29.3. The molecule has 0 aliphatic heterocycles. The van der Waals surface area contributed by atoms with Crippen LogP contribution in [0.1, 0.15) is 16.7 Å². The maximum absolute atomic E-state index is 12.1. The van der Waals surface area contributed by atoms with E-state index >= 15 is 0 Å². The zero-order valence-electron chi connectivity index (χ0n) is 11.2. The predicted molar refractivity (Wildman–Crippen MR) is 81.9 cm³/mol. The second-order valence-corrected chi connectivity index (χ2v) is 6.19. The van der Waals surface area contributed by atoms with E-state index in [1.54, 1.807) is 18.2 Å². The molecule has 0 fully saturated rings. The van der Waals surface area contributed by atoms with Crippen molar-refractivity contribution in [2.24, 2.45) is 5.92 Å². The number of fused-ring (bicyclic) bond motifs is 1. The summed E-state index contributed by atoms with van der Waals surface area (Å²) in [5.74, 6) is 0.176. The van der Waals surface area contributed by atoms with Gasteiger partial charge < -0.3 is 0 Å². The standard InChI is InChI=1S/C14H16O3S.Ca.2H2/c1-11(2)10-17-18(15,16)14-9-5-7-12-6-3-4-8-13(12)14;;;/h3-9,11H,10H2,1-2H3;;2*1H. The molecule has 0 saturated carbocycles. The first kappa shape index (κ1) is 16.9. The van der Waals surface area contributed by atoms with E-state index in [4.69, 9.17) is 4.18 Å².